The van der Waals surface area contributed by atoms with Crippen molar-refractivity contribution in [3.63, 3.8) is 0 Å². The molecule has 7 heteroatoms. The first-order valence-corrected chi connectivity index (χ1v) is 14.9. The number of amides is 3. The maximum Gasteiger partial charge on any atom is 0.318 e. The van der Waals surface area contributed by atoms with Gasteiger partial charge in [-0.25, -0.2) is 4.79 Å². The smallest absolute Gasteiger partial charge is 0.318 e. The average Bonchev–Trinajstić information content (AvgIpc) is 3.31. The van der Waals surface area contributed by atoms with Crippen molar-refractivity contribution in [2.75, 3.05) is 19.6 Å². The highest BCUT2D eigenvalue weighted by Crippen LogP contribution is 2.55. The Labute approximate surface area is 223 Å². The molecule has 1 aromatic carbocycles. The number of benzene rings is 1. The largest absolute Gasteiger partial charge is 0.333 e. The Hall–Kier alpha value is -2.05. The fourth-order valence-corrected chi connectivity index (χ4v) is 8.97. The Morgan fingerprint density at radius 2 is 1.75 bits per heavy atom. The summed E-state index contributed by atoms with van der Waals surface area (Å²) in [6.45, 7) is 3.45. The fourth-order valence-electron chi connectivity index (χ4n) is 7.94. The SMILES string of the molecule is CCCN(CC(=O)N1CCc2sccc2C1c1ccc(Cl)cc1)C(=O)NC12CC3CC(CC(C3)C1)C2. The minimum absolute atomic E-state index is 0.0147. The summed E-state index contributed by atoms with van der Waals surface area (Å²) in [5.74, 6) is 2.32. The van der Waals surface area contributed by atoms with Crippen molar-refractivity contribution in [2.45, 2.75) is 69.9 Å². The number of nitrogens with zero attached hydrogens (tertiary/aromatic N) is 2. The molecule has 5 nitrogen and oxygen atoms in total. The molecule has 4 saturated carbocycles. The zero-order chi connectivity index (χ0) is 24.9. The number of fused-ring (bicyclic) bond motifs is 1. The van der Waals surface area contributed by atoms with E-state index in [0.29, 0.717) is 18.1 Å². The van der Waals surface area contributed by atoms with Gasteiger partial charge in [0.2, 0.25) is 5.91 Å². The average molecular weight is 526 g/mol. The van der Waals surface area contributed by atoms with E-state index < -0.39 is 0 Å². The van der Waals surface area contributed by atoms with Gasteiger partial charge in [0.05, 0.1) is 6.04 Å². The third-order valence-corrected chi connectivity index (χ3v) is 10.2. The van der Waals surface area contributed by atoms with Crippen molar-refractivity contribution in [2.24, 2.45) is 17.8 Å². The van der Waals surface area contributed by atoms with E-state index in [1.807, 2.05) is 29.2 Å². The Morgan fingerprint density at radius 1 is 1.08 bits per heavy atom. The number of thiophene rings is 1. The van der Waals surface area contributed by atoms with Crippen LogP contribution in [0.25, 0.3) is 0 Å². The van der Waals surface area contributed by atoms with Crippen LogP contribution in [-0.4, -0.2) is 46.9 Å². The lowest BCUT2D eigenvalue weighted by Crippen LogP contribution is -2.62. The maximum atomic E-state index is 13.8. The zero-order valence-corrected chi connectivity index (χ0v) is 22.6. The minimum Gasteiger partial charge on any atom is -0.333 e. The molecule has 4 aliphatic carbocycles. The molecule has 2 heterocycles. The van der Waals surface area contributed by atoms with Gasteiger partial charge in [-0.1, -0.05) is 30.7 Å². The molecule has 1 aromatic heterocycles. The quantitative estimate of drug-likeness (QED) is 0.483. The Bertz CT molecular complexity index is 1090. The van der Waals surface area contributed by atoms with Crippen molar-refractivity contribution >= 4 is 34.9 Å². The molecule has 4 bridgehead atoms. The number of halogens is 1. The van der Waals surface area contributed by atoms with Gasteiger partial charge in [0.25, 0.3) is 0 Å². The first-order valence-electron chi connectivity index (χ1n) is 13.6. The summed E-state index contributed by atoms with van der Waals surface area (Å²) in [5.41, 5.74) is 2.21. The fraction of sp³-hybridized carbons (Fsp3) is 0.586. The summed E-state index contributed by atoms with van der Waals surface area (Å²) in [6, 6.07) is 9.77. The molecule has 192 valence electrons. The molecule has 1 aliphatic heterocycles. The molecule has 5 aliphatic rings. The van der Waals surface area contributed by atoms with Crippen molar-refractivity contribution in [3.8, 4) is 0 Å². The van der Waals surface area contributed by atoms with Crippen molar-refractivity contribution in [1.29, 1.82) is 0 Å². The van der Waals surface area contributed by atoms with E-state index in [1.54, 1.807) is 16.2 Å². The lowest BCUT2D eigenvalue weighted by molar-refractivity contribution is -0.134. The Kier molecular flexibility index (Phi) is 6.53. The van der Waals surface area contributed by atoms with Crippen molar-refractivity contribution in [1.82, 2.24) is 15.1 Å². The molecule has 2 aromatic rings. The standard InChI is InChI=1S/C29H36ClN3O2S/c1-2-9-32(28(35)31-29-15-19-12-20(16-29)14-21(13-19)17-29)18-26(34)33-10-7-25-24(8-11-36-25)27(33)22-3-5-23(30)6-4-22/h3-6,8,11,19-21,27H,2,7,9-10,12-18H2,1H3,(H,31,35). The van der Waals surface area contributed by atoms with E-state index in [-0.39, 0.29) is 30.1 Å². The van der Waals surface area contributed by atoms with Crippen molar-refractivity contribution in [3.05, 3.63) is 56.7 Å². The Balaban J connectivity index is 1.20. The zero-order valence-electron chi connectivity index (χ0n) is 21.0. The van der Waals surface area contributed by atoms with Crippen LogP contribution in [0.3, 0.4) is 0 Å². The third-order valence-electron chi connectivity index (χ3n) is 8.99. The van der Waals surface area contributed by atoms with Gasteiger partial charge < -0.3 is 15.1 Å². The molecular weight excluding hydrogens is 490 g/mol. The molecule has 7 rings (SSSR count). The van der Waals surface area contributed by atoms with E-state index in [0.717, 1.165) is 55.4 Å². The van der Waals surface area contributed by atoms with Crippen LogP contribution in [0.4, 0.5) is 4.79 Å². The number of hydrogen-bond donors (Lipinski definition) is 1. The van der Waals surface area contributed by atoms with Crippen molar-refractivity contribution < 1.29 is 9.59 Å². The number of urea groups is 1. The van der Waals surface area contributed by atoms with Crippen LogP contribution in [0, 0.1) is 17.8 Å². The van der Waals surface area contributed by atoms with Gasteiger partial charge in [-0.15, -0.1) is 11.3 Å². The van der Waals surface area contributed by atoms with Gasteiger partial charge in [-0.2, -0.15) is 0 Å². The second-order valence-electron chi connectivity index (χ2n) is 11.6. The molecule has 1 atom stereocenters. The highest BCUT2D eigenvalue weighted by Gasteiger charge is 2.52. The van der Waals surface area contributed by atoms with Gasteiger partial charge in [0.15, 0.2) is 0 Å². The molecule has 3 amide bonds. The summed E-state index contributed by atoms with van der Waals surface area (Å²) < 4.78 is 0. The molecular formula is C29H36ClN3O2S. The summed E-state index contributed by atoms with van der Waals surface area (Å²) >= 11 is 7.93. The van der Waals surface area contributed by atoms with Crippen LogP contribution in [0.5, 0.6) is 0 Å². The van der Waals surface area contributed by atoms with Crippen LogP contribution in [-0.2, 0) is 11.2 Å². The van der Waals surface area contributed by atoms with Gasteiger partial charge >= 0.3 is 6.03 Å². The van der Waals surface area contributed by atoms with Gasteiger partial charge in [-0.3, -0.25) is 4.79 Å². The number of hydrogen-bond acceptors (Lipinski definition) is 3. The van der Waals surface area contributed by atoms with Crippen LogP contribution in [0.1, 0.15) is 73.9 Å². The van der Waals surface area contributed by atoms with Gasteiger partial charge in [-0.05, 0) is 104 Å². The first kappa shape index (κ1) is 24.3. The first-order chi connectivity index (χ1) is 17.4. The van der Waals surface area contributed by atoms with Crippen LogP contribution < -0.4 is 5.32 Å². The number of carbonyl (C=O) groups excluding carboxylic acids is 2. The molecule has 4 fully saturated rings. The monoisotopic (exact) mass is 525 g/mol. The second kappa shape index (κ2) is 9.68. The Morgan fingerprint density at radius 3 is 2.39 bits per heavy atom. The number of carbonyl (C=O) groups is 2. The minimum atomic E-state index is -0.139. The highest BCUT2D eigenvalue weighted by atomic mass is 35.5. The molecule has 0 radical (unpaired) electrons. The summed E-state index contributed by atoms with van der Waals surface area (Å²) in [7, 11) is 0. The topological polar surface area (TPSA) is 52.7 Å². The van der Waals surface area contributed by atoms with E-state index in [4.69, 9.17) is 11.6 Å². The molecule has 36 heavy (non-hydrogen) atoms. The van der Waals surface area contributed by atoms with Gasteiger partial charge in [0, 0.05) is 28.5 Å². The summed E-state index contributed by atoms with van der Waals surface area (Å²) in [5, 5.41) is 6.28. The maximum absolute atomic E-state index is 13.8. The predicted octanol–water partition coefficient (Wildman–Crippen LogP) is 6.27. The highest BCUT2D eigenvalue weighted by molar-refractivity contribution is 7.10. The second-order valence-corrected chi connectivity index (χ2v) is 13.1. The van der Waals surface area contributed by atoms with E-state index in [9.17, 15) is 9.59 Å². The lowest BCUT2D eigenvalue weighted by Gasteiger charge is -2.57. The summed E-state index contributed by atoms with van der Waals surface area (Å²) in [4.78, 5) is 32.5. The molecule has 0 spiro atoms. The third kappa shape index (κ3) is 4.56. The molecule has 0 saturated heterocycles. The number of nitrogens with one attached hydrogen (secondary N) is 1. The number of rotatable bonds is 6. The molecule has 1 N–H and O–H groups in total. The van der Waals surface area contributed by atoms with Crippen LogP contribution in [0.15, 0.2) is 35.7 Å². The van der Waals surface area contributed by atoms with Crippen LogP contribution >= 0.6 is 22.9 Å². The normalized spacial score (nSPS) is 30.2. The molecule has 1 unspecified atom stereocenters. The van der Waals surface area contributed by atoms with Crippen LogP contribution in [0.2, 0.25) is 5.02 Å². The lowest BCUT2D eigenvalue weighted by atomic mass is 9.53. The van der Waals surface area contributed by atoms with Gasteiger partial charge in [0.1, 0.15) is 6.54 Å². The van der Waals surface area contributed by atoms with E-state index >= 15 is 0 Å². The predicted molar refractivity (Wildman–Crippen MR) is 144 cm³/mol. The summed E-state index contributed by atoms with van der Waals surface area (Å²) in [6.07, 6.45) is 9.07. The van der Waals surface area contributed by atoms with E-state index in [2.05, 4.69) is 23.7 Å². The van der Waals surface area contributed by atoms with E-state index in [1.165, 1.54) is 29.7 Å².